The van der Waals surface area contributed by atoms with Crippen molar-refractivity contribution in [2.75, 3.05) is 20.3 Å². The van der Waals surface area contributed by atoms with Crippen LogP contribution in [0.25, 0.3) is 0 Å². The summed E-state index contributed by atoms with van der Waals surface area (Å²) in [6.45, 7) is 1.92. The highest BCUT2D eigenvalue weighted by Crippen LogP contribution is 2.26. The van der Waals surface area contributed by atoms with Crippen LogP contribution in [-0.2, 0) is 0 Å². The summed E-state index contributed by atoms with van der Waals surface area (Å²) in [5.74, 6) is 0.395. The lowest BCUT2D eigenvalue weighted by Gasteiger charge is -2.11. The number of rotatable bonds is 7. The first-order valence-electron chi connectivity index (χ1n) is 5.69. The molecule has 104 valence electrons. The fraction of sp³-hybridized carbons (Fsp3) is 0.417. The molecule has 0 aromatic carbocycles. The first kappa shape index (κ1) is 14.7. The van der Waals surface area contributed by atoms with Crippen LogP contribution in [0.1, 0.15) is 23.7 Å². The van der Waals surface area contributed by atoms with Crippen LogP contribution in [0.3, 0.4) is 0 Å². The lowest BCUT2D eigenvalue weighted by molar-refractivity contribution is 0.100. The van der Waals surface area contributed by atoms with Gasteiger partial charge in [-0.15, -0.1) is 0 Å². The zero-order valence-corrected chi connectivity index (χ0v) is 10.8. The van der Waals surface area contributed by atoms with E-state index in [1.807, 2.05) is 0 Å². The summed E-state index contributed by atoms with van der Waals surface area (Å²) in [5, 5.41) is 10.6. The molecule has 1 rings (SSSR count). The maximum absolute atomic E-state index is 11.5. The second-order valence-corrected chi connectivity index (χ2v) is 3.68. The number of nitrogens with zero attached hydrogens (tertiary/aromatic N) is 1. The van der Waals surface area contributed by atoms with E-state index in [9.17, 15) is 9.59 Å². The number of amides is 1. The van der Waals surface area contributed by atoms with Gasteiger partial charge < -0.3 is 19.9 Å². The van der Waals surface area contributed by atoms with E-state index in [2.05, 4.69) is 10.3 Å². The minimum Gasteiger partial charge on any atom is -0.496 e. The Morgan fingerprint density at radius 3 is 2.79 bits per heavy atom. The minimum atomic E-state index is -1.08. The van der Waals surface area contributed by atoms with Crippen molar-refractivity contribution in [3.63, 3.8) is 0 Å². The molecule has 1 heterocycles. The van der Waals surface area contributed by atoms with Crippen molar-refractivity contribution in [3.05, 3.63) is 17.8 Å². The molecule has 1 amide bonds. The third kappa shape index (κ3) is 4.46. The van der Waals surface area contributed by atoms with Crippen molar-refractivity contribution >= 4 is 11.9 Å². The van der Waals surface area contributed by atoms with Crippen molar-refractivity contribution in [2.45, 2.75) is 13.3 Å². The van der Waals surface area contributed by atoms with Gasteiger partial charge in [0.05, 0.1) is 13.7 Å². The van der Waals surface area contributed by atoms with Crippen LogP contribution < -0.4 is 14.8 Å². The van der Waals surface area contributed by atoms with E-state index in [0.717, 1.165) is 0 Å². The third-order valence-electron chi connectivity index (χ3n) is 2.29. The lowest BCUT2D eigenvalue weighted by Crippen LogP contribution is -2.23. The van der Waals surface area contributed by atoms with Crippen molar-refractivity contribution in [3.8, 4) is 11.6 Å². The maximum Gasteiger partial charge on any atom is 0.404 e. The molecular weight excluding hydrogens is 252 g/mol. The van der Waals surface area contributed by atoms with E-state index in [-0.39, 0.29) is 30.4 Å². The average molecular weight is 268 g/mol. The second kappa shape index (κ2) is 7.20. The van der Waals surface area contributed by atoms with Crippen LogP contribution in [0.15, 0.2) is 12.3 Å². The number of Topliss-reactive ketones (excluding diaryl/α,β-unsaturated/α-hetero) is 1. The number of hydrogen-bond acceptors (Lipinski definition) is 5. The highest BCUT2D eigenvalue weighted by molar-refractivity contribution is 5.99. The molecule has 0 aliphatic rings. The number of carboxylic acid groups (broad SMARTS) is 1. The molecule has 2 N–H and O–H groups in total. The van der Waals surface area contributed by atoms with Crippen LogP contribution in [0, 0.1) is 0 Å². The van der Waals surface area contributed by atoms with E-state index < -0.39 is 6.09 Å². The molecule has 1 aromatic rings. The summed E-state index contributed by atoms with van der Waals surface area (Å²) in [4.78, 5) is 25.7. The molecule has 0 aliphatic heterocycles. The number of carbonyl (C=O) groups is 2. The molecule has 0 saturated carbocycles. The van der Waals surface area contributed by atoms with Gasteiger partial charge in [0.1, 0.15) is 11.3 Å². The molecular formula is C12H16N2O5. The Bertz CT molecular complexity index is 461. The first-order chi connectivity index (χ1) is 9.06. The van der Waals surface area contributed by atoms with Gasteiger partial charge in [-0.05, 0) is 19.4 Å². The van der Waals surface area contributed by atoms with Gasteiger partial charge in [-0.25, -0.2) is 9.78 Å². The molecule has 0 spiro atoms. The standard InChI is InChI=1S/C12H16N2O5/c1-8(15)10-9(18-2)4-6-13-11(10)19-7-3-5-14-12(16)17/h4,6,14H,3,5,7H2,1-2H3,(H,16,17). The van der Waals surface area contributed by atoms with E-state index in [4.69, 9.17) is 14.6 Å². The highest BCUT2D eigenvalue weighted by Gasteiger charge is 2.16. The summed E-state index contributed by atoms with van der Waals surface area (Å²) in [6.07, 6.45) is 0.877. The van der Waals surface area contributed by atoms with Gasteiger partial charge in [0, 0.05) is 12.7 Å². The van der Waals surface area contributed by atoms with Gasteiger partial charge in [-0.1, -0.05) is 0 Å². The number of ketones is 1. The molecule has 0 unspecified atom stereocenters. The van der Waals surface area contributed by atoms with Gasteiger partial charge in [-0.2, -0.15) is 0 Å². The van der Waals surface area contributed by atoms with Crippen LogP contribution in [0.5, 0.6) is 11.6 Å². The Balaban J connectivity index is 2.62. The zero-order chi connectivity index (χ0) is 14.3. The van der Waals surface area contributed by atoms with Crippen molar-refractivity contribution in [1.82, 2.24) is 10.3 Å². The predicted octanol–water partition coefficient (Wildman–Crippen LogP) is 1.33. The van der Waals surface area contributed by atoms with Gasteiger partial charge in [0.15, 0.2) is 5.78 Å². The molecule has 0 atom stereocenters. The normalized spacial score (nSPS) is 9.79. The SMILES string of the molecule is COc1ccnc(OCCCNC(=O)O)c1C(C)=O. The molecule has 1 aromatic heterocycles. The lowest BCUT2D eigenvalue weighted by atomic mass is 10.2. The molecule has 7 heteroatoms. The van der Waals surface area contributed by atoms with Crippen molar-refractivity contribution in [1.29, 1.82) is 0 Å². The average Bonchev–Trinajstić information content (AvgIpc) is 2.37. The third-order valence-corrected chi connectivity index (χ3v) is 2.29. The monoisotopic (exact) mass is 268 g/mol. The molecule has 0 bridgehead atoms. The zero-order valence-electron chi connectivity index (χ0n) is 10.8. The van der Waals surface area contributed by atoms with Gasteiger partial charge in [0.2, 0.25) is 5.88 Å². The van der Waals surface area contributed by atoms with Crippen LogP contribution >= 0.6 is 0 Å². The summed E-state index contributed by atoms with van der Waals surface area (Å²) in [5.41, 5.74) is 0.288. The summed E-state index contributed by atoms with van der Waals surface area (Å²) in [6, 6.07) is 1.58. The molecule has 0 radical (unpaired) electrons. The summed E-state index contributed by atoms with van der Waals surface area (Å²) < 4.78 is 10.5. The summed E-state index contributed by atoms with van der Waals surface area (Å²) in [7, 11) is 1.46. The number of ether oxygens (including phenoxy) is 2. The number of methoxy groups -OCH3 is 1. The second-order valence-electron chi connectivity index (χ2n) is 3.68. The number of pyridine rings is 1. The van der Waals surface area contributed by atoms with E-state index >= 15 is 0 Å². The Kier molecular flexibility index (Phi) is 5.59. The Morgan fingerprint density at radius 2 is 2.21 bits per heavy atom. The minimum absolute atomic E-state index is 0.196. The van der Waals surface area contributed by atoms with Crippen LogP contribution in [-0.4, -0.2) is 42.2 Å². The fourth-order valence-corrected chi connectivity index (χ4v) is 1.47. The molecule has 19 heavy (non-hydrogen) atoms. The number of carbonyl (C=O) groups excluding carboxylic acids is 1. The Hall–Kier alpha value is -2.31. The largest absolute Gasteiger partial charge is 0.496 e. The highest BCUT2D eigenvalue weighted by atomic mass is 16.5. The van der Waals surface area contributed by atoms with E-state index in [1.165, 1.54) is 20.2 Å². The van der Waals surface area contributed by atoms with Gasteiger partial charge in [-0.3, -0.25) is 4.79 Å². The first-order valence-corrected chi connectivity index (χ1v) is 5.69. The number of hydrogen-bond donors (Lipinski definition) is 2. The van der Waals surface area contributed by atoms with Gasteiger partial charge in [0.25, 0.3) is 0 Å². The molecule has 0 aliphatic carbocycles. The van der Waals surface area contributed by atoms with E-state index in [1.54, 1.807) is 6.07 Å². The number of aromatic nitrogens is 1. The quantitative estimate of drug-likeness (QED) is 0.572. The Morgan fingerprint density at radius 1 is 1.47 bits per heavy atom. The smallest absolute Gasteiger partial charge is 0.404 e. The van der Waals surface area contributed by atoms with E-state index in [0.29, 0.717) is 12.2 Å². The van der Waals surface area contributed by atoms with Crippen LogP contribution in [0.2, 0.25) is 0 Å². The van der Waals surface area contributed by atoms with Crippen molar-refractivity contribution < 1.29 is 24.2 Å². The molecule has 0 saturated heterocycles. The molecule has 0 fully saturated rings. The molecule has 7 nitrogen and oxygen atoms in total. The topological polar surface area (TPSA) is 97.8 Å². The predicted molar refractivity (Wildman–Crippen MR) is 66.9 cm³/mol. The maximum atomic E-state index is 11.5. The van der Waals surface area contributed by atoms with Gasteiger partial charge >= 0.3 is 6.09 Å². The van der Waals surface area contributed by atoms with Crippen molar-refractivity contribution in [2.24, 2.45) is 0 Å². The summed E-state index contributed by atoms with van der Waals surface area (Å²) >= 11 is 0. The van der Waals surface area contributed by atoms with Crippen LogP contribution in [0.4, 0.5) is 4.79 Å². The fourth-order valence-electron chi connectivity index (χ4n) is 1.47. The Labute approximate surface area is 110 Å². The number of nitrogens with one attached hydrogen (secondary N) is 1.